The van der Waals surface area contributed by atoms with Crippen molar-refractivity contribution in [2.45, 2.75) is 31.5 Å². The second-order valence-electron chi connectivity index (χ2n) is 9.63. The van der Waals surface area contributed by atoms with Gasteiger partial charge in [-0.2, -0.15) is 0 Å². The lowest BCUT2D eigenvalue weighted by Gasteiger charge is -2.32. The van der Waals surface area contributed by atoms with Gasteiger partial charge in [0.2, 0.25) is 5.91 Å². The minimum atomic E-state index is -1.01. The molecular weight excluding hydrogens is 516 g/mol. The third kappa shape index (κ3) is 8.37. The minimum absolute atomic E-state index is 0.0502. The highest BCUT2D eigenvalue weighted by atomic mass is 16.5. The zero-order chi connectivity index (χ0) is 28.9. The summed E-state index contributed by atoms with van der Waals surface area (Å²) in [5.74, 6) is -0.441. The zero-order valence-electron chi connectivity index (χ0n) is 22.8. The number of hydrogen-bond acceptors (Lipinski definition) is 5. The number of carbonyl (C=O) groups is 3. The van der Waals surface area contributed by atoms with Crippen molar-refractivity contribution in [3.05, 3.63) is 132 Å². The van der Waals surface area contributed by atoms with Gasteiger partial charge in [0.25, 0.3) is 0 Å². The number of amides is 2. The molecule has 2 N–H and O–H groups in total. The van der Waals surface area contributed by atoms with Crippen molar-refractivity contribution in [2.24, 2.45) is 0 Å². The van der Waals surface area contributed by atoms with Crippen LogP contribution >= 0.6 is 0 Å². The average Bonchev–Trinajstić information content (AvgIpc) is 3.03. The first-order valence-corrected chi connectivity index (χ1v) is 13.6. The summed E-state index contributed by atoms with van der Waals surface area (Å²) in [6.07, 6.45) is 0.436. The van der Waals surface area contributed by atoms with Crippen LogP contribution in [0.25, 0.3) is 11.1 Å². The van der Waals surface area contributed by atoms with Gasteiger partial charge in [0.05, 0.1) is 0 Å². The summed E-state index contributed by atoms with van der Waals surface area (Å²) in [7, 11) is 0. The molecule has 7 nitrogen and oxygen atoms in total. The Kier molecular flexibility index (Phi) is 10.8. The van der Waals surface area contributed by atoms with Crippen LogP contribution in [0.4, 0.5) is 4.79 Å². The number of aliphatic hydroxyl groups is 1. The Morgan fingerprint density at radius 3 is 1.98 bits per heavy atom. The number of hydrogen-bond donors (Lipinski definition) is 2. The molecule has 0 aliphatic carbocycles. The van der Waals surface area contributed by atoms with Crippen molar-refractivity contribution in [2.75, 3.05) is 13.2 Å². The molecule has 0 aliphatic rings. The Labute approximate surface area is 240 Å². The summed E-state index contributed by atoms with van der Waals surface area (Å²) in [5.41, 5.74) is 4.39. The van der Waals surface area contributed by atoms with Crippen molar-refractivity contribution in [3.8, 4) is 11.1 Å². The number of nitrogens with one attached hydrogen (secondary N) is 1. The van der Waals surface area contributed by atoms with E-state index in [2.05, 4.69) is 5.32 Å². The molecule has 4 aromatic carbocycles. The van der Waals surface area contributed by atoms with Gasteiger partial charge < -0.3 is 24.9 Å². The lowest BCUT2D eigenvalue weighted by molar-refractivity contribution is -0.138. The summed E-state index contributed by atoms with van der Waals surface area (Å²) >= 11 is 0. The number of alkyl carbamates (subject to hydrolysis) is 1. The van der Waals surface area contributed by atoms with E-state index in [1.807, 2.05) is 91.0 Å². The molecule has 210 valence electrons. The van der Waals surface area contributed by atoms with Gasteiger partial charge in [0.1, 0.15) is 25.0 Å². The predicted octanol–water partition coefficient (Wildman–Crippen LogP) is 5.34. The fraction of sp³-hybridized carbons (Fsp3) is 0.206. The number of aliphatic hydroxyl groups excluding tert-OH is 1. The second-order valence-corrected chi connectivity index (χ2v) is 9.63. The number of ether oxygens (including phenoxy) is 1. The van der Waals surface area contributed by atoms with Crippen molar-refractivity contribution in [3.63, 3.8) is 0 Å². The van der Waals surface area contributed by atoms with E-state index < -0.39 is 24.1 Å². The van der Waals surface area contributed by atoms with Crippen LogP contribution in [0.15, 0.2) is 115 Å². The largest absolute Gasteiger partial charge is 0.445 e. The first-order valence-electron chi connectivity index (χ1n) is 13.6. The first-order chi connectivity index (χ1) is 20.1. The summed E-state index contributed by atoms with van der Waals surface area (Å²) in [5, 5.41) is 12.3. The predicted molar refractivity (Wildman–Crippen MR) is 158 cm³/mol. The molecule has 2 amide bonds. The number of benzene rings is 4. The molecule has 0 aromatic heterocycles. The van der Waals surface area contributed by atoms with Crippen LogP contribution in [0.2, 0.25) is 0 Å². The van der Waals surface area contributed by atoms with Gasteiger partial charge in [0.15, 0.2) is 0 Å². The van der Waals surface area contributed by atoms with Crippen LogP contribution in [0, 0.1) is 0 Å². The number of nitrogens with zero attached hydrogens (tertiary/aromatic N) is 1. The average molecular weight is 551 g/mol. The van der Waals surface area contributed by atoms with Gasteiger partial charge in [-0.15, -0.1) is 0 Å². The molecule has 4 rings (SSSR count). The molecule has 4 aromatic rings. The van der Waals surface area contributed by atoms with E-state index in [0.717, 1.165) is 22.3 Å². The van der Waals surface area contributed by atoms with Crippen molar-refractivity contribution in [1.82, 2.24) is 10.2 Å². The Morgan fingerprint density at radius 2 is 1.37 bits per heavy atom. The molecule has 0 radical (unpaired) electrons. The molecule has 0 saturated carbocycles. The van der Waals surface area contributed by atoms with Crippen molar-refractivity contribution in [1.29, 1.82) is 0 Å². The van der Waals surface area contributed by atoms with Crippen LogP contribution in [-0.4, -0.2) is 47.5 Å². The maximum atomic E-state index is 14.0. The minimum Gasteiger partial charge on any atom is -0.445 e. The Balaban J connectivity index is 1.58. The number of rotatable bonds is 13. The van der Waals surface area contributed by atoms with Crippen molar-refractivity contribution < 1.29 is 24.2 Å². The lowest BCUT2D eigenvalue weighted by Crippen LogP contribution is -2.51. The molecule has 0 heterocycles. The normalized spacial score (nSPS) is 12.1. The standard InChI is InChI=1S/C34H34N2O5/c37-22-10-21-36(32(24-38)30-15-8-3-9-16-30)33(39)31(35-34(40)41-25-27-11-4-1-5-12-27)23-26-17-19-29(20-18-26)28-13-6-2-7-14-28/h1-9,11-20,24,31-32,37H,10,21-23,25H2,(H,35,40). The van der Waals surface area contributed by atoms with Crippen LogP contribution in [0.3, 0.4) is 0 Å². The van der Waals surface area contributed by atoms with E-state index in [-0.39, 0.29) is 32.6 Å². The van der Waals surface area contributed by atoms with Crippen LogP contribution in [0.1, 0.15) is 29.2 Å². The number of carbonyl (C=O) groups excluding carboxylic acids is 3. The third-order valence-corrected chi connectivity index (χ3v) is 6.75. The highest BCUT2D eigenvalue weighted by Gasteiger charge is 2.32. The van der Waals surface area contributed by atoms with Gasteiger partial charge >= 0.3 is 6.09 Å². The van der Waals surface area contributed by atoms with Gasteiger partial charge in [-0.25, -0.2) is 4.79 Å². The molecule has 0 saturated heterocycles. The quantitative estimate of drug-likeness (QED) is 0.219. The van der Waals surface area contributed by atoms with Crippen molar-refractivity contribution >= 4 is 18.3 Å². The maximum absolute atomic E-state index is 14.0. The molecular formula is C34H34N2O5. The molecule has 7 heteroatoms. The van der Waals surface area contributed by atoms with E-state index in [4.69, 9.17) is 4.74 Å². The summed E-state index contributed by atoms with van der Waals surface area (Å²) in [6, 6.07) is 34.1. The van der Waals surface area contributed by atoms with E-state index >= 15 is 0 Å². The fourth-order valence-electron chi connectivity index (χ4n) is 4.62. The van der Waals surface area contributed by atoms with Gasteiger partial charge in [-0.1, -0.05) is 115 Å². The molecule has 0 fully saturated rings. The van der Waals surface area contributed by atoms with Crippen LogP contribution in [0.5, 0.6) is 0 Å². The smallest absolute Gasteiger partial charge is 0.408 e. The Bertz CT molecular complexity index is 1380. The SMILES string of the molecule is O=CC(c1ccccc1)N(CCCO)C(=O)C(Cc1ccc(-c2ccccc2)cc1)NC(=O)OCc1ccccc1. The first kappa shape index (κ1) is 29.2. The second kappa shape index (κ2) is 15.1. The van der Waals surface area contributed by atoms with E-state index in [9.17, 15) is 19.5 Å². The van der Waals surface area contributed by atoms with Gasteiger partial charge in [0, 0.05) is 19.6 Å². The summed E-state index contributed by atoms with van der Waals surface area (Å²) in [4.78, 5) is 40.6. The molecule has 41 heavy (non-hydrogen) atoms. The van der Waals surface area contributed by atoms with Crippen LogP contribution in [-0.2, 0) is 27.4 Å². The highest BCUT2D eigenvalue weighted by molar-refractivity contribution is 5.88. The molecule has 0 aliphatic heterocycles. The van der Waals surface area contributed by atoms with E-state index in [1.165, 1.54) is 4.90 Å². The monoisotopic (exact) mass is 550 g/mol. The molecule has 2 atom stereocenters. The molecule has 2 unspecified atom stereocenters. The molecule has 0 spiro atoms. The van der Waals surface area contributed by atoms with Gasteiger partial charge in [-0.3, -0.25) is 4.79 Å². The zero-order valence-corrected chi connectivity index (χ0v) is 22.8. The Hall–Kier alpha value is -4.75. The maximum Gasteiger partial charge on any atom is 0.408 e. The topological polar surface area (TPSA) is 95.9 Å². The van der Waals surface area contributed by atoms with Crippen LogP contribution < -0.4 is 5.32 Å². The molecule has 0 bridgehead atoms. The lowest BCUT2D eigenvalue weighted by atomic mass is 9.99. The van der Waals surface area contributed by atoms with E-state index in [1.54, 1.807) is 24.3 Å². The summed E-state index contributed by atoms with van der Waals surface area (Å²) in [6.45, 7) is 0.0364. The van der Waals surface area contributed by atoms with Gasteiger partial charge in [-0.05, 0) is 34.2 Å². The fourth-order valence-corrected chi connectivity index (χ4v) is 4.62. The Morgan fingerprint density at radius 1 is 0.780 bits per heavy atom. The number of aldehydes is 1. The summed E-state index contributed by atoms with van der Waals surface area (Å²) < 4.78 is 5.43. The van der Waals surface area contributed by atoms with E-state index in [0.29, 0.717) is 11.8 Å². The third-order valence-electron chi connectivity index (χ3n) is 6.75. The highest BCUT2D eigenvalue weighted by Crippen LogP contribution is 2.23.